The molecule has 0 saturated carbocycles. The van der Waals surface area contributed by atoms with E-state index < -0.39 is 0 Å². The highest BCUT2D eigenvalue weighted by molar-refractivity contribution is 5.58. The van der Waals surface area contributed by atoms with Gasteiger partial charge >= 0.3 is 0 Å². The van der Waals surface area contributed by atoms with Crippen LogP contribution in [0.15, 0.2) is 6.33 Å². The van der Waals surface area contributed by atoms with E-state index in [0.29, 0.717) is 5.92 Å². The van der Waals surface area contributed by atoms with Crippen molar-refractivity contribution < 1.29 is 0 Å². The Balaban J connectivity index is 1.88. The van der Waals surface area contributed by atoms with Gasteiger partial charge < -0.3 is 15.5 Å². The van der Waals surface area contributed by atoms with Crippen molar-refractivity contribution in [2.45, 2.75) is 39.0 Å². The molecule has 0 radical (unpaired) electrons. The van der Waals surface area contributed by atoms with Crippen LogP contribution in [0.3, 0.4) is 0 Å². The van der Waals surface area contributed by atoms with E-state index in [1.807, 2.05) is 7.05 Å². The van der Waals surface area contributed by atoms with E-state index >= 15 is 0 Å². The maximum Gasteiger partial charge on any atom is 0.134 e. The van der Waals surface area contributed by atoms with Gasteiger partial charge in [-0.25, -0.2) is 9.97 Å². The van der Waals surface area contributed by atoms with Gasteiger partial charge in [-0.1, -0.05) is 13.8 Å². The fourth-order valence-electron chi connectivity index (χ4n) is 2.80. The van der Waals surface area contributed by atoms with Crippen LogP contribution in [0.5, 0.6) is 0 Å². The molecule has 0 amide bonds. The first-order chi connectivity index (χ1) is 9.72. The maximum atomic E-state index is 4.40. The summed E-state index contributed by atoms with van der Waals surface area (Å²) in [6.07, 6.45) is 5.52. The quantitative estimate of drug-likeness (QED) is 0.750. The molecule has 1 saturated heterocycles. The third-order valence-electron chi connectivity index (χ3n) is 3.84. The number of rotatable bonds is 7. The molecule has 1 aliphatic heterocycles. The van der Waals surface area contributed by atoms with E-state index in [-0.39, 0.29) is 0 Å². The van der Waals surface area contributed by atoms with Crippen LogP contribution in [0.2, 0.25) is 0 Å². The van der Waals surface area contributed by atoms with Crippen LogP contribution in [0.1, 0.15) is 44.6 Å². The second-order valence-corrected chi connectivity index (χ2v) is 5.72. The van der Waals surface area contributed by atoms with E-state index in [4.69, 9.17) is 0 Å². The molecule has 0 atom stereocenters. The third kappa shape index (κ3) is 3.82. The fraction of sp³-hybridized carbons (Fsp3) is 0.733. The predicted octanol–water partition coefficient (Wildman–Crippen LogP) is 2.54. The van der Waals surface area contributed by atoms with Crippen molar-refractivity contribution in [3.8, 4) is 0 Å². The molecule has 5 heteroatoms. The minimum absolute atomic E-state index is 0.403. The average Bonchev–Trinajstić information content (AvgIpc) is 2.96. The first-order valence-electron chi connectivity index (χ1n) is 7.71. The summed E-state index contributed by atoms with van der Waals surface area (Å²) >= 11 is 0. The summed E-state index contributed by atoms with van der Waals surface area (Å²) in [4.78, 5) is 11.2. The van der Waals surface area contributed by atoms with Crippen LogP contribution in [-0.4, -0.2) is 48.1 Å². The van der Waals surface area contributed by atoms with Crippen molar-refractivity contribution in [2.24, 2.45) is 0 Å². The van der Waals surface area contributed by atoms with E-state index in [9.17, 15) is 0 Å². The van der Waals surface area contributed by atoms with Gasteiger partial charge in [0, 0.05) is 19.2 Å². The molecular weight excluding hydrogens is 250 g/mol. The molecule has 5 nitrogen and oxygen atoms in total. The summed E-state index contributed by atoms with van der Waals surface area (Å²) in [6.45, 7) is 9.05. The number of hydrogen-bond donors (Lipinski definition) is 2. The topological polar surface area (TPSA) is 53.1 Å². The van der Waals surface area contributed by atoms with Gasteiger partial charge in [-0.05, 0) is 44.8 Å². The van der Waals surface area contributed by atoms with Gasteiger partial charge in [0.2, 0.25) is 0 Å². The van der Waals surface area contributed by atoms with Crippen molar-refractivity contribution in [2.75, 3.05) is 43.9 Å². The van der Waals surface area contributed by atoms with Gasteiger partial charge in [-0.3, -0.25) is 0 Å². The lowest BCUT2D eigenvalue weighted by Gasteiger charge is -2.18. The zero-order valence-electron chi connectivity index (χ0n) is 12.9. The highest BCUT2D eigenvalue weighted by atomic mass is 15.1. The summed E-state index contributed by atoms with van der Waals surface area (Å²) in [7, 11) is 1.91. The van der Waals surface area contributed by atoms with E-state index in [1.165, 1.54) is 38.0 Å². The Bertz CT molecular complexity index is 413. The summed E-state index contributed by atoms with van der Waals surface area (Å²) in [5.41, 5.74) is 1.18. The molecule has 1 aliphatic rings. The molecule has 2 rings (SSSR count). The Hall–Kier alpha value is -1.36. The Labute approximate surface area is 122 Å². The first-order valence-corrected chi connectivity index (χ1v) is 7.71. The molecule has 1 fully saturated rings. The van der Waals surface area contributed by atoms with E-state index in [1.54, 1.807) is 6.33 Å². The SMILES string of the molecule is CNc1ncnc(NCCCN2CCCC2)c1C(C)C. The molecule has 1 aromatic heterocycles. The van der Waals surface area contributed by atoms with Crippen LogP contribution >= 0.6 is 0 Å². The summed E-state index contributed by atoms with van der Waals surface area (Å²) in [5.74, 6) is 2.30. The van der Waals surface area contributed by atoms with E-state index in [2.05, 4.69) is 39.3 Å². The monoisotopic (exact) mass is 277 g/mol. The van der Waals surface area contributed by atoms with Gasteiger partial charge in [0.1, 0.15) is 18.0 Å². The molecular formula is C15H27N5. The molecule has 112 valence electrons. The van der Waals surface area contributed by atoms with Gasteiger partial charge in [0.25, 0.3) is 0 Å². The Kier molecular flexibility index (Phi) is 5.59. The third-order valence-corrected chi connectivity index (χ3v) is 3.84. The van der Waals surface area contributed by atoms with Crippen molar-refractivity contribution in [3.63, 3.8) is 0 Å². The molecule has 0 unspecified atom stereocenters. The summed E-state index contributed by atoms with van der Waals surface area (Å²) < 4.78 is 0. The first kappa shape index (κ1) is 15.0. The van der Waals surface area contributed by atoms with Crippen LogP contribution < -0.4 is 10.6 Å². The van der Waals surface area contributed by atoms with Crippen LogP contribution in [0.4, 0.5) is 11.6 Å². The molecule has 2 N–H and O–H groups in total. The Morgan fingerprint density at radius 1 is 1.20 bits per heavy atom. The van der Waals surface area contributed by atoms with Crippen LogP contribution in [0.25, 0.3) is 0 Å². The minimum atomic E-state index is 0.403. The highest BCUT2D eigenvalue weighted by Gasteiger charge is 2.14. The zero-order chi connectivity index (χ0) is 14.4. The van der Waals surface area contributed by atoms with Gasteiger partial charge in [-0.15, -0.1) is 0 Å². The maximum absolute atomic E-state index is 4.40. The fourth-order valence-corrected chi connectivity index (χ4v) is 2.80. The Morgan fingerprint density at radius 3 is 2.55 bits per heavy atom. The van der Waals surface area contributed by atoms with Crippen molar-refractivity contribution in [3.05, 3.63) is 11.9 Å². The molecule has 2 heterocycles. The zero-order valence-corrected chi connectivity index (χ0v) is 12.9. The molecule has 0 aromatic carbocycles. The number of anilines is 2. The van der Waals surface area contributed by atoms with Gasteiger partial charge in [-0.2, -0.15) is 0 Å². The number of nitrogens with one attached hydrogen (secondary N) is 2. The van der Waals surface area contributed by atoms with Crippen molar-refractivity contribution in [1.29, 1.82) is 0 Å². The standard InChI is InChI=1S/C15H27N5/c1-12(2)13-14(16-3)18-11-19-15(13)17-7-6-10-20-8-4-5-9-20/h11-12H,4-10H2,1-3H3,(H2,16,17,18,19). The van der Waals surface area contributed by atoms with Gasteiger partial charge in [0.15, 0.2) is 0 Å². The second kappa shape index (κ2) is 7.43. The predicted molar refractivity (Wildman–Crippen MR) is 84.4 cm³/mol. The average molecular weight is 277 g/mol. The molecule has 20 heavy (non-hydrogen) atoms. The molecule has 1 aromatic rings. The number of aromatic nitrogens is 2. The van der Waals surface area contributed by atoms with E-state index in [0.717, 1.165) is 24.6 Å². The minimum Gasteiger partial charge on any atom is -0.373 e. The van der Waals surface area contributed by atoms with Gasteiger partial charge in [0.05, 0.1) is 0 Å². The number of nitrogens with zero attached hydrogens (tertiary/aromatic N) is 3. The Morgan fingerprint density at radius 2 is 1.90 bits per heavy atom. The highest BCUT2D eigenvalue weighted by Crippen LogP contribution is 2.27. The van der Waals surface area contributed by atoms with Crippen LogP contribution in [0, 0.1) is 0 Å². The number of likely N-dealkylation sites (tertiary alicyclic amines) is 1. The van der Waals surface area contributed by atoms with Crippen molar-refractivity contribution in [1.82, 2.24) is 14.9 Å². The lowest BCUT2D eigenvalue weighted by Crippen LogP contribution is -2.22. The largest absolute Gasteiger partial charge is 0.373 e. The number of hydrogen-bond acceptors (Lipinski definition) is 5. The van der Waals surface area contributed by atoms with Crippen LogP contribution in [-0.2, 0) is 0 Å². The van der Waals surface area contributed by atoms with Crippen molar-refractivity contribution >= 4 is 11.6 Å². The second-order valence-electron chi connectivity index (χ2n) is 5.72. The molecule has 0 spiro atoms. The summed E-state index contributed by atoms with van der Waals surface area (Å²) in [6, 6.07) is 0. The normalized spacial score (nSPS) is 15.8. The molecule has 0 aliphatic carbocycles. The lowest BCUT2D eigenvalue weighted by molar-refractivity contribution is 0.337. The smallest absolute Gasteiger partial charge is 0.134 e. The summed E-state index contributed by atoms with van der Waals surface area (Å²) in [5, 5.41) is 6.63. The lowest BCUT2D eigenvalue weighted by atomic mass is 10.0. The molecule has 0 bridgehead atoms.